The molecule has 0 aromatic carbocycles. The quantitative estimate of drug-likeness (QED) is 0.339. The minimum atomic E-state index is -5.03. The summed E-state index contributed by atoms with van der Waals surface area (Å²) in [6.45, 7) is -0.853. The molecular formula is C5H11N2O7P2+. The second-order valence-corrected chi connectivity index (χ2v) is 7.30. The Morgan fingerprint density at radius 1 is 1.19 bits per heavy atom. The molecule has 1 aliphatic rings. The summed E-state index contributed by atoms with van der Waals surface area (Å²) in [6, 6.07) is 0. The van der Waals surface area contributed by atoms with Crippen molar-refractivity contribution in [1.82, 2.24) is 0 Å². The van der Waals surface area contributed by atoms with Gasteiger partial charge in [-0.25, -0.2) is 10.2 Å². The van der Waals surface area contributed by atoms with Crippen LogP contribution in [-0.4, -0.2) is 47.7 Å². The highest BCUT2D eigenvalue weighted by atomic mass is 31.2. The zero-order chi connectivity index (χ0) is 12.6. The minimum Gasteiger partial charge on any atom is -0.324 e. The molecule has 1 unspecified atom stereocenters. The van der Waals surface area contributed by atoms with Crippen LogP contribution in [0.4, 0.5) is 0 Å². The molecule has 5 N–H and O–H groups in total. The highest BCUT2D eigenvalue weighted by Gasteiger charge is 2.49. The Labute approximate surface area is 90.2 Å². The van der Waals surface area contributed by atoms with E-state index in [1.54, 1.807) is 0 Å². The van der Waals surface area contributed by atoms with Crippen LogP contribution < -0.4 is 0 Å². The van der Waals surface area contributed by atoms with Crippen LogP contribution in [0, 0.1) is 0 Å². The lowest BCUT2D eigenvalue weighted by molar-refractivity contribution is -0.981. The fraction of sp³-hybridized carbons (Fsp3) is 0.400. The Morgan fingerprint density at radius 3 is 2.00 bits per heavy atom. The summed E-state index contributed by atoms with van der Waals surface area (Å²) in [5, 5.41) is 7.34. The largest absolute Gasteiger partial charge is 0.346 e. The third-order valence-electron chi connectivity index (χ3n) is 1.91. The third kappa shape index (κ3) is 3.31. The average Bonchev–Trinajstić information content (AvgIpc) is 2.45. The van der Waals surface area contributed by atoms with E-state index in [4.69, 9.17) is 19.6 Å². The van der Waals surface area contributed by atoms with E-state index >= 15 is 0 Å². The van der Waals surface area contributed by atoms with Crippen molar-refractivity contribution in [2.45, 2.75) is 5.40 Å². The first-order chi connectivity index (χ1) is 7.05. The van der Waals surface area contributed by atoms with Crippen LogP contribution in [0.3, 0.4) is 0 Å². The molecule has 16 heavy (non-hydrogen) atoms. The lowest BCUT2D eigenvalue weighted by Gasteiger charge is -2.24. The zero-order valence-corrected chi connectivity index (χ0v) is 9.65. The number of quaternary nitrogens is 1. The van der Waals surface area contributed by atoms with Gasteiger partial charge in [0.15, 0.2) is 6.20 Å². The van der Waals surface area contributed by atoms with E-state index < -0.39 is 31.8 Å². The van der Waals surface area contributed by atoms with Crippen molar-refractivity contribution in [1.29, 1.82) is 0 Å². The van der Waals surface area contributed by atoms with E-state index in [1.807, 2.05) is 0 Å². The Hall–Kier alpha value is -0.370. The van der Waals surface area contributed by atoms with Crippen molar-refractivity contribution in [2.24, 2.45) is 4.99 Å². The second-order valence-electron chi connectivity index (χ2n) is 3.29. The molecule has 92 valence electrons. The molecule has 1 heterocycles. The summed E-state index contributed by atoms with van der Waals surface area (Å²) < 4.78 is 20.7. The van der Waals surface area contributed by atoms with Crippen LogP contribution >= 0.6 is 15.2 Å². The predicted molar refractivity (Wildman–Crippen MR) is 52.4 cm³/mol. The van der Waals surface area contributed by atoms with Gasteiger partial charge in [-0.1, -0.05) is 0 Å². The summed E-state index contributed by atoms with van der Waals surface area (Å²) in [6.07, 6.45) is 3.09. The van der Waals surface area contributed by atoms with Crippen LogP contribution in [0.2, 0.25) is 0 Å². The molecular weight excluding hydrogens is 262 g/mol. The van der Waals surface area contributed by atoms with Crippen LogP contribution in [0.15, 0.2) is 17.4 Å². The Balaban J connectivity index is 2.98. The molecule has 0 aromatic heterocycles. The maximum absolute atomic E-state index is 10.9. The van der Waals surface area contributed by atoms with Crippen LogP contribution in [0.1, 0.15) is 0 Å². The van der Waals surface area contributed by atoms with Crippen LogP contribution in [0.25, 0.3) is 0 Å². The number of hydrogen-bond acceptors (Lipinski definition) is 4. The van der Waals surface area contributed by atoms with Gasteiger partial charge in [-0.3, -0.25) is 9.13 Å². The first-order valence-corrected chi connectivity index (χ1v) is 7.34. The van der Waals surface area contributed by atoms with E-state index in [0.29, 0.717) is 0 Å². The lowest BCUT2D eigenvalue weighted by Crippen LogP contribution is -2.42. The van der Waals surface area contributed by atoms with E-state index in [9.17, 15) is 14.3 Å². The molecule has 0 spiro atoms. The van der Waals surface area contributed by atoms with Crippen molar-refractivity contribution in [3.8, 4) is 0 Å². The molecule has 1 atom stereocenters. The second kappa shape index (κ2) is 4.14. The molecule has 0 radical (unpaired) electrons. The molecule has 1 rings (SSSR count). The van der Waals surface area contributed by atoms with Gasteiger partial charge in [0.05, 0.1) is 6.20 Å². The highest BCUT2D eigenvalue weighted by molar-refractivity contribution is 7.70. The number of nitrogens with zero attached hydrogens (tertiary/aromatic N) is 2. The number of hydroxylamine groups is 3. The molecule has 0 aromatic rings. The predicted octanol–water partition coefficient (Wildman–Crippen LogP) is -0.613. The lowest BCUT2D eigenvalue weighted by atomic mass is 10.6. The van der Waals surface area contributed by atoms with Crippen molar-refractivity contribution in [2.75, 3.05) is 6.54 Å². The number of rotatable bonds is 4. The van der Waals surface area contributed by atoms with E-state index in [1.165, 1.54) is 0 Å². The van der Waals surface area contributed by atoms with Gasteiger partial charge in [0, 0.05) is 0 Å². The molecule has 0 saturated carbocycles. The molecule has 1 aliphatic heterocycles. The normalized spacial score (nSPS) is 25.6. The van der Waals surface area contributed by atoms with E-state index in [0.717, 1.165) is 18.7 Å². The van der Waals surface area contributed by atoms with Gasteiger partial charge in [-0.15, -0.1) is 4.65 Å². The van der Waals surface area contributed by atoms with Crippen molar-refractivity contribution < 1.29 is 38.6 Å². The summed E-state index contributed by atoms with van der Waals surface area (Å²) in [5.41, 5.74) is 0. The SMILES string of the molecule is O=P(O)(O)C(C[N+]1(O)C=CN=C1)P(=O)(O)O. The maximum Gasteiger partial charge on any atom is 0.346 e. The van der Waals surface area contributed by atoms with Crippen molar-refractivity contribution in [3.05, 3.63) is 12.4 Å². The van der Waals surface area contributed by atoms with Crippen LogP contribution in [-0.2, 0) is 9.13 Å². The van der Waals surface area contributed by atoms with Crippen LogP contribution in [0.5, 0.6) is 0 Å². The monoisotopic (exact) mass is 273 g/mol. The number of hydrogen-bond donors (Lipinski definition) is 5. The molecule has 0 fully saturated rings. The first kappa shape index (κ1) is 13.7. The summed E-state index contributed by atoms with van der Waals surface area (Å²) in [7, 11) is -10.1. The van der Waals surface area contributed by atoms with Gasteiger partial charge in [0.25, 0.3) is 0 Å². The zero-order valence-electron chi connectivity index (χ0n) is 7.86. The molecule has 11 heteroatoms. The van der Waals surface area contributed by atoms with Gasteiger partial charge >= 0.3 is 15.2 Å². The molecule has 0 aliphatic carbocycles. The molecule has 0 bridgehead atoms. The fourth-order valence-electron chi connectivity index (χ4n) is 1.12. The fourth-order valence-corrected chi connectivity index (χ4v) is 3.64. The Kier molecular flexibility index (Phi) is 3.54. The third-order valence-corrected chi connectivity index (χ3v) is 5.59. The van der Waals surface area contributed by atoms with E-state index in [2.05, 4.69) is 4.99 Å². The molecule has 0 saturated heterocycles. The van der Waals surface area contributed by atoms with Gasteiger partial charge < -0.3 is 19.6 Å². The van der Waals surface area contributed by atoms with E-state index in [-0.39, 0.29) is 0 Å². The summed E-state index contributed by atoms with van der Waals surface area (Å²) in [4.78, 5) is 38.7. The summed E-state index contributed by atoms with van der Waals surface area (Å²) in [5.74, 6) is 0. The summed E-state index contributed by atoms with van der Waals surface area (Å²) >= 11 is 0. The smallest absolute Gasteiger partial charge is 0.324 e. The average molecular weight is 273 g/mol. The van der Waals surface area contributed by atoms with Gasteiger partial charge in [0.1, 0.15) is 6.54 Å². The van der Waals surface area contributed by atoms with Gasteiger partial charge in [0.2, 0.25) is 11.7 Å². The Bertz CT molecular complexity index is 386. The van der Waals surface area contributed by atoms with Crippen molar-refractivity contribution in [3.63, 3.8) is 0 Å². The minimum absolute atomic E-state index is 0.853. The van der Waals surface area contributed by atoms with Gasteiger partial charge in [-0.2, -0.15) is 0 Å². The topological polar surface area (TPSA) is 148 Å². The van der Waals surface area contributed by atoms with Crippen molar-refractivity contribution >= 4 is 21.5 Å². The first-order valence-electron chi connectivity index (χ1n) is 3.97. The van der Waals surface area contributed by atoms with Gasteiger partial charge in [-0.05, 0) is 0 Å². The maximum atomic E-state index is 10.9. The number of aliphatic imine (C=N–C) groups is 1. The standard InChI is InChI=1S/C5H10N2O7P2/c8-7(2-1-6-4-7)3-5(15(9,10)11)16(12,13)14/h1-2,4-5,8H,3H2,(H3-,9,10,11,12,13,14)/p+1. The molecule has 9 nitrogen and oxygen atoms in total. The molecule has 0 amide bonds. The highest BCUT2D eigenvalue weighted by Crippen LogP contribution is 2.60. The Morgan fingerprint density at radius 2 is 1.69 bits per heavy atom.